The van der Waals surface area contributed by atoms with Crippen molar-refractivity contribution in [2.45, 2.75) is 37.7 Å². The van der Waals surface area contributed by atoms with E-state index in [0.29, 0.717) is 25.1 Å². The summed E-state index contributed by atoms with van der Waals surface area (Å²) in [5.74, 6) is 1.23. The van der Waals surface area contributed by atoms with E-state index in [4.69, 9.17) is 9.26 Å². The molecule has 1 aliphatic heterocycles. The Labute approximate surface area is 106 Å². The van der Waals surface area contributed by atoms with Crippen molar-refractivity contribution in [1.82, 2.24) is 10.1 Å². The number of hydrogen-bond acceptors (Lipinski definition) is 6. The van der Waals surface area contributed by atoms with E-state index in [0.717, 1.165) is 38.8 Å². The zero-order valence-electron chi connectivity index (χ0n) is 10.4. The van der Waals surface area contributed by atoms with Crippen molar-refractivity contribution >= 4 is 5.95 Å². The normalized spacial score (nSPS) is 29.5. The van der Waals surface area contributed by atoms with E-state index in [1.165, 1.54) is 0 Å². The number of anilines is 1. The van der Waals surface area contributed by atoms with Gasteiger partial charge >= 0.3 is 0 Å². The van der Waals surface area contributed by atoms with Crippen LogP contribution in [0, 0.1) is 0 Å². The Bertz CT molecular complexity index is 390. The zero-order valence-corrected chi connectivity index (χ0v) is 10.4. The average molecular weight is 253 g/mol. The van der Waals surface area contributed by atoms with Crippen molar-refractivity contribution in [3.05, 3.63) is 5.89 Å². The first-order valence-corrected chi connectivity index (χ1v) is 6.69. The average Bonchev–Trinajstić information content (AvgIpc) is 2.90. The monoisotopic (exact) mass is 253 g/mol. The molecular weight excluding hydrogens is 234 g/mol. The van der Waals surface area contributed by atoms with Gasteiger partial charge in [-0.05, 0) is 18.0 Å². The Hall–Kier alpha value is -1.14. The summed E-state index contributed by atoms with van der Waals surface area (Å²) in [5.41, 5.74) is 0. The molecule has 6 nitrogen and oxygen atoms in total. The standard InChI is InChI=1S/C12H19N3O3/c16-10-4-2-1-3-9(10)11-13-12(14-18-11)15-5-7-17-8-6-15/h9-10,16H,1-8H2. The van der Waals surface area contributed by atoms with Crippen molar-refractivity contribution in [3.63, 3.8) is 0 Å². The molecule has 1 aromatic rings. The van der Waals surface area contributed by atoms with Gasteiger partial charge in [0.1, 0.15) is 0 Å². The second-order valence-electron chi connectivity index (χ2n) is 4.99. The maximum atomic E-state index is 9.98. The molecule has 2 heterocycles. The smallest absolute Gasteiger partial charge is 0.266 e. The van der Waals surface area contributed by atoms with Gasteiger partial charge in [-0.3, -0.25) is 0 Å². The van der Waals surface area contributed by atoms with Crippen LogP contribution in [-0.4, -0.2) is 47.7 Å². The van der Waals surface area contributed by atoms with Gasteiger partial charge in [-0.2, -0.15) is 4.98 Å². The molecular formula is C12H19N3O3. The number of rotatable bonds is 2. The van der Waals surface area contributed by atoms with Gasteiger partial charge in [0.05, 0.1) is 25.2 Å². The number of morpholine rings is 1. The van der Waals surface area contributed by atoms with Crippen molar-refractivity contribution in [2.24, 2.45) is 0 Å². The maximum Gasteiger partial charge on any atom is 0.266 e. The predicted octanol–water partition coefficient (Wildman–Crippen LogP) is 0.925. The van der Waals surface area contributed by atoms with Crippen molar-refractivity contribution < 1.29 is 14.4 Å². The third-order valence-corrected chi connectivity index (χ3v) is 3.77. The summed E-state index contributed by atoms with van der Waals surface area (Å²) in [6, 6.07) is 0. The van der Waals surface area contributed by atoms with E-state index in [2.05, 4.69) is 15.0 Å². The van der Waals surface area contributed by atoms with Crippen molar-refractivity contribution in [1.29, 1.82) is 0 Å². The number of hydrogen-bond donors (Lipinski definition) is 1. The summed E-state index contributed by atoms with van der Waals surface area (Å²) in [6.07, 6.45) is 3.64. The van der Waals surface area contributed by atoms with E-state index in [9.17, 15) is 5.11 Å². The minimum Gasteiger partial charge on any atom is -0.392 e. The lowest BCUT2D eigenvalue weighted by Gasteiger charge is -2.25. The molecule has 2 atom stereocenters. The third-order valence-electron chi connectivity index (χ3n) is 3.77. The fraction of sp³-hybridized carbons (Fsp3) is 0.833. The lowest BCUT2D eigenvalue weighted by molar-refractivity contribution is 0.0908. The highest BCUT2D eigenvalue weighted by atomic mass is 16.5. The Morgan fingerprint density at radius 3 is 2.72 bits per heavy atom. The summed E-state index contributed by atoms with van der Waals surface area (Å²) in [7, 11) is 0. The lowest BCUT2D eigenvalue weighted by atomic mass is 9.86. The van der Waals surface area contributed by atoms with Gasteiger partial charge in [0.15, 0.2) is 0 Å². The molecule has 2 fully saturated rings. The first-order valence-electron chi connectivity index (χ1n) is 6.69. The molecule has 18 heavy (non-hydrogen) atoms. The number of aliphatic hydroxyl groups excluding tert-OH is 1. The highest BCUT2D eigenvalue weighted by molar-refractivity contribution is 5.28. The van der Waals surface area contributed by atoms with Gasteiger partial charge in [-0.15, -0.1) is 0 Å². The largest absolute Gasteiger partial charge is 0.392 e. The molecule has 1 saturated carbocycles. The number of aromatic nitrogens is 2. The molecule has 0 spiro atoms. The zero-order chi connectivity index (χ0) is 12.4. The minimum absolute atomic E-state index is 0.0149. The molecule has 3 rings (SSSR count). The molecule has 2 aliphatic rings. The predicted molar refractivity (Wildman–Crippen MR) is 64.5 cm³/mol. The van der Waals surface area contributed by atoms with Gasteiger partial charge in [-0.1, -0.05) is 12.8 Å². The molecule has 1 N–H and O–H groups in total. The highest BCUT2D eigenvalue weighted by Gasteiger charge is 2.30. The SMILES string of the molecule is OC1CCCCC1c1nc(N2CCOCC2)no1. The summed E-state index contributed by atoms with van der Waals surface area (Å²) < 4.78 is 10.6. The maximum absolute atomic E-state index is 9.98. The van der Waals surface area contributed by atoms with E-state index in [1.54, 1.807) is 0 Å². The second kappa shape index (κ2) is 5.24. The van der Waals surface area contributed by atoms with E-state index >= 15 is 0 Å². The van der Waals surface area contributed by atoms with Crippen LogP contribution in [0.15, 0.2) is 4.52 Å². The summed E-state index contributed by atoms with van der Waals surface area (Å²) in [6.45, 7) is 3.00. The Morgan fingerprint density at radius 1 is 1.17 bits per heavy atom. The van der Waals surface area contributed by atoms with Gasteiger partial charge in [0.2, 0.25) is 5.89 Å². The first-order chi connectivity index (χ1) is 8.84. The van der Waals surface area contributed by atoms with Crippen LogP contribution in [0.25, 0.3) is 0 Å². The Balaban J connectivity index is 1.71. The molecule has 2 unspecified atom stereocenters. The summed E-state index contributed by atoms with van der Waals surface area (Å²) in [4.78, 5) is 6.50. The number of nitrogens with zero attached hydrogens (tertiary/aromatic N) is 3. The molecule has 0 bridgehead atoms. The van der Waals surface area contributed by atoms with Crippen LogP contribution in [0.4, 0.5) is 5.95 Å². The van der Waals surface area contributed by atoms with Gasteiger partial charge in [0, 0.05) is 13.1 Å². The summed E-state index contributed by atoms with van der Waals surface area (Å²) in [5, 5.41) is 14.0. The van der Waals surface area contributed by atoms with Crippen molar-refractivity contribution in [2.75, 3.05) is 31.2 Å². The molecule has 0 amide bonds. The fourth-order valence-corrected chi connectivity index (χ4v) is 2.67. The van der Waals surface area contributed by atoms with Crippen LogP contribution in [0.3, 0.4) is 0 Å². The molecule has 1 aromatic heterocycles. The van der Waals surface area contributed by atoms with Crippen LogP contribution in [0.2, 0.25) is 0 Å². The van der Waals surface area contributed by atoms with Crippen LogP contribution >= 0.6 is 0 Å². The third kappa shape index (κ3) is 2.35. The second-order valence-corrected chi connectivity index (χ2v) is 4.99. The quantitative estimate of drug-likeness (QED) is 0.845. The van der Waals surface area contributed by atoms with Crippen LogP contribution < -0.4 is 4.90 Å². The lowest BCUT2D eigenvalue weighted by Crippen LogP contribution is -2.37. The van der Waals surface area contributed by atoms with E-state index in [1.807, 2.05) is 0 Å². The Morgan fingerprint density at radius 2 is 1.94 bits per heavy atom. The van der Waals surface area contributed by atoms with Crippen LogP contribution in [-0.2, 0) is 4.74 Å². The first kappa shape index (κ1) is 11.9. The molecule has 0 radical (unpaired) electrons. The molecule has 100 valence electrons. The van der Waals surface area contributed by atoms with Crippen molar-refractivity contribution in [3.8, 4) is 0 Å². The van der Waals surface area contributed by atoms with Gasteiger partial charge in [0.25, 0.3) is 5.95 Å². The topological polar surface area (TPSA) is 71.6 Å². The Kier molecular flexibility index (Phi) is 3.47. The minimum atomic E-state index is -0.336. The van der Waals surface area contributed by atoms with E-state index < -0.39 is 0 Å². The van der Waals surface area contributed by atoms with E-state index in [-0.39, 0.29) is 12.0 Å². The van der Waals surface area contributed by atoms with Gasteiger partial charge in [-0.25, -0.2) is 0 Å². The number of ether oxygens (including phenoxy) is 1. The molecule has 0 aromatic carbocycles. The fourth-order valence-electron chi connectivity index (χ4n) is 2.67. The molecule has 6 heteroatoms. The molecule has 1 saturated heterocycles. The molecule has 1 aliphatic carbocycles. The van der Waals surface area contributed by atoms with Gasteiger partial charge < -0.3 is 19.3 Å². The summed E-state index contributed by atoms with van der Waals surface area (Å²) >= 11 is 0. The number of aliphatic hydroxyl groups is 1. The highest BCUT2D eigenvalue weighted by Crippen LogP contribution is 2.32. The van der Waals surface area contributed by atoms with Crippen LogP contribution in [0.5, 0.6) is 0 Å². The van der Waals surface area contributed by atoms with Crippen LogP contribution in [0.1, 0.15) is 37.5 Å².